The molecule has 10 heteroatoms. The molecule has 10 bridgehead atoms. The number of carbonyl (C=O) groups is 6. The summed E-state index contributed by atoms with van der Waals surface area (Å²) in [6.45, 7) is 8.58. The van der Waals surface area contributed by atoms with Crippen LogP contribution in [0.4, 0.5) is 0 Å². The van der Waals surface area contributed by atoms with Crippen LogP contribution in [0.15, 0.2) is 0 Å². The van der Waals surface area contributed by atoms with Crippen molar-refractivity contribution in [3.63, 3.8) is 0 Å². The summed E-state index contributed by atoms with van der Waals surface area (Å²) in [6, 6.07) is 0. The van der Waals surface area contributed by atoms with Crippen molar-refractivity contribution in [1.29, 1.82) is 0 Å². The molecule has 10 nitrogen and oxygen atoms in total. The zero-order valence-electron chi connectivity index (χ0n) is 33.8. The third kappa shape index (κ3) is 5.50. The molecule has 0 aromatic rings. The first-order chi connectivity index (χ1) is 26.7. The van der Waals surface area contributed by atoms with Crippen LogP contribution in [-0.4, -0.2) is 53.4 Å². The predicted octanol–water partition coefficient (Wildman–Crippen LogP) is 7.04. The molecule has 2 aliphatic heterocycles. The maximum Gasteiger partial charge on any atom is 0.318 e. The lowest BCUT2D eigenvalue weighted by Gasteiger charge is -2.63. The molecule has 12 unspecified atom stereocenters. The molecule has 0 aromatic carbocycles. The third-order valence-corrected chi connectivity index (χ3v) is 18.9. The van der Waals surface area contributed by atoms with E-state index in [4.69, 9.17) is 18.9 Å². The molecule has 12 aliphatic rings. The van der Waals surface area contributed by atoms with Crippen LogP contribution in [0, 0.1) is 100 Å². The number of ether oxygens (including phenoxy) is 4. The molecule has 12 atom stereocenters. The van der Waals surface area contributed by atoms with E-state index in [1.165, 1.54) is 19.3 Å². The molecule has 0 spiro atoms. The van der Waals surface area contributed by atoms with Gasteiger partial charge in [-0.3, -0.25) is 28.8 Å². The van der Waals surface area contributed by atoms with Crippen LogP contribution >= 0.6 is 0 Å². The molecule has 56 heavy (non-hydrogen) atoms. The SMILES string of the molecule is CCC(CC)(OC(=O)C(CC(C(=O)OC12CC3CC(C1)C(=O)C(C3)C2)C1C(=O)OC(=O)C1C)CC1C(C)C2CC1C1COC(=O)C21)C12CC3CC(CC(C3)C1)C2. The number of carbonyl (C=O) groups excluding carboxylic acids is 6. The van der Waals surface area contributed by atoms with E-state index in [9.17, 15) is 24.0 Å². The molecule has 12 rings (SSSR count). The Balaban J connectivity index is 0.985. The Morgan fingerprint density at radius 3 is 1.96 bits per heavy atom. The van der Waals surface area contributed by atoms with Crippen molar-refractivity contribution in [3.05, 3.63) is 0 Å². The van der Waals surface area contributed by atoms with Gasteiger partial charge in [-0.15, -0.1) is 0 Å². The fourth-order valence-electron chi connectivity index (χ4n) is 16.9. The molecular formula is C46H62O10. The molecule has 12 fully saturated rings. The normalized spacial score (nSPS) is 47.6. The van der Waals surface area contributed by atoms with Crippen molar-refractivity contribution >= 4 is 35.6 Å². The molecule has 10 saturated carbocycles. The lowest BCUT2D eigenvalue weighted by atomic mass is 9.44. The van der Waals surface area contributed by atoms with Gasteiger partial charge in [-0.2, -0.15) is 0 Å². The molecule has 0 N–H and O–H groups in total. The summed E-state index contributed by atoms with van der Waals surface area (Å²) in [5.74, 6) is -2.92. The van der Waals surface area contributed by atoms with E-state index < -0.39 is 52.8 Å². The van der Waals surface area contributed by atoms with Crippen molar-refractivity contribution in [2.45, 2.75) is 142 Å². The van der Waals surface area contributed by atoms with Gasteiger partial charge in [0.1, 0.15) is 17.0 Å². The fourth-order valence-corrected chi connectivity index (χ4v) is 16.9. The molecule has 0 radical (unpaired) electrons. The largest absolute Gasteiger partial charge is 0.465 e. The highest BCUT2D eigenvalue weighted by molar-refractivity contribution is 5.98. The van der Waals surface area contributed by atoms with Gasteiger partial charge in [0.05, 0.1) is 36.2 Å². The summed E-state index contributed by atoms with van der Waals surface area (Å²) in [5.41, 5.74) is -1.47. The van der Waals surface area contributed by atoms with Gasteiger partial charge < -0.3 is 18.9 Å². The van der Waals surface area contributed by atoms with Crippen molar-refractivity contribution in [3.8, 4) is 0 Å². The first kappa shape index (κ1) is 37.5. The van der Waals surface area contributed by atoms with Gasteiger partial charge in [0.2, 0.25) is 0 Å². The Morgan fingerprint density at radius 1 is 0.750 bits per heavy atom. The van der Waals surface area contributed by atoms with E-state index in [0.717, 1.165) is 51.4 Å². The topological polar surface area (TPSA) is 139 Å². The Bertz CT molecular complexity index is 1660. The molecule has 2 saturated heterocycles. The average Bonchev–Trinajstić information content (AvgIpc) is 3.87. The number of rotatable bonds is 12. The summed E-state index contributed by atoms with van der Waals surface area (Å²) in [6.07, 6.45) is 13.4. The second kappa shape index (κ2) is 13.1. The molecule has 0 aromatic heterocycles. The second-order valence-corrected chi connectivity index (χ2v) is 21.4. The summed E-state index contributed by atoms with van der Waals surface area (Å²) in [5, 5.41) is 0. The van der Waals surface area contributed by atoms with Crippen LogP contribution in [0.5, 0.6) is 0 Å². The monoisotopic (exact) mass is 774 g/mol. The van der Waals surface area contributed by atoms with E-state index >= 15 is 4.79 Å². The van der Waals surface area contributed by atoms with Gasteiger partial charge in [-0.1, -0.05) is 27.7 Å². The Morgan fingerprint density at radius 2 is 1.38 bits per heavy atom. The van der Waals surface area contributed by atoms with Crippen molar-refractivity contribution in [1.82, 2.24) is 0 Å². The standard InChI is InChI=1S/C46H62O10/c1-5-46(6-2,44-15-24-7-25(16-44)9-26(8-24)17-44)56-40(49)28(12-31-22(3)32-14-33(31)35-21-53-42(51)37(32)35)13-34(36-23(4)39(48)54-43(36)52)41(50)55-45-18-27-10-29(19-45)38(47)30(11-27)20-45/h22-37H,5-21H2,1-4H3. The average molecular weight is 775 g/mol. The Labute approximate surface area is 331 Å². The molecule has 306 valence electrons. The molecule has 2 heterocycles. The molecule has 10 aliphatic carbocycles. The van der Waals surface area contributed by atoms with Gasteiger partial charge in [-0.25, -0.2) is 0 Å². The van der Waals surface area contributed by atoms with Crippen LogP contribution in [0.25, 0.3) is 0 Å². The Kier molecular flexibility index (Phi) is 8.78. The van der Waals surface area contributed by atoms with E-state index in [2.05, 4.69) is 20.8 Å². The van der Waals surface area contributed by atoms with Gasteiger partial charge in [0.15, 0.2) is 0 Å². The quantitative estimate of drug-likeness (QED) is 0.115. The minimum atomic E-state index is -1.08. The number of Topliss-reactive ketones (excluding diaryl/α,β-unsaturated/α-hetero) is 1. The highest BCUT2D eigenvalue weighted by Gasteiger charge is 2.65. The van der Waals surface area contributed by atoms with E-state index in [0.29, 0.717) is 56.0 Å². The molecular weight excluding hydrogens is 712 g/mol. The first-order valence-corrected chi connectivity index (χ1v) is 22.7. The first-order valence-electron chi connectivity index (χ1n) is 22.7. The summed E-state index contributed by atoms with van der Waals surface area (Å²) < 4.78 is 24.4. The summed E-state index contributed by atoms with van der Waals surface area (Å²) in [7, 11) is 0. The van der Waals surface area contributed by atoms with Crippen molar-refractivity contribution in [2.24, 2.45) is 100 Å². The van der Waals surface area contributed by atoms with Crippen molar-refractivity contribution < 1.29 is 47.7 Å². The van der Waals surface area contributed by atoms with Gasteiger partial charge in [0, 0.05) is 23.2 Å². The van der Waals surface area contributed by atoms with Gasteiger partial charge >= 0.3 is 29.8 Å². The Hall–Kier alpha value is -2.78. The van der Waals surface area contributed by atoms with Gasteiger partial charge in [0.25, 0.3) is 0 Å². The van der Waals surface area contributed by atoms with E-state index in [1.54, 1.807) is 6.92 Å². The number of hydrogen-bond donors (Lipinski definition) is 0. The summed E-state index contributed by atoms with van der Waals surface area (Å²) in [4.78, 5) is 82.6. The fraction of sp³-hybridized carbons (Fsp3) is 0.870. The van der Waals surface area contributed by atoms with Crippen LogP contribution in [-0.2, 0) is 47.7 Å². The number of cyclic esters (lactones) is 3. The van der Waals surface area contributed by atoms with E-state index in [-0.39, 0.29) is 76.9 Å². The maximum absolute atomic E-state index is 15.3. The van der Waals surface area contributed by atoms with Crippen LogP contribution < -0.4 is 0 Å². The summed E-state index contributed by atoms with van der Waals surface area (Å²) >= 11 is 0. The van der Waals surface area contributed by atoms with E-state index in [1.807, 2.05) is 0 Å². The lowest BCUT2D eigenvalue weighted by Crippen LogP contribution is -2.60. The number of hydrogen-bond acceptors (Lipinski definition) is 10. The second-order valence-electron chi connectivity index (χ2n) is 21.4. The maximum atomic E-state index is 15.3. The van der Waals surface area contributed by atoms with Crippen LogP contribution in [0.2, 0.25) is 0 Å². The zero-order chi connectivity index (χ0) is 39.1. The minimum Gasteiger partial charge on any atom is -0.465 e. The smallest absolute Gasteiger partial charge is 0.318 e. The number of ketones is 1. The highest BCUT2D eigenvalue weighted by atomic mass is 16.6. The predicted molar refractivity (Wildman–Crippen MR) is 200 cm³/mol. The third-order valence-electron chi connectivity index (χ3n) is 18.9. The zero-order valence-corrected chi connectivity index (χ0v) is 33.8. The van der Waals surface area contributed by atoms with Gasteiger partial charge in [-0.05, 0) is 150 Å². The highest BCUT2D eigenvalue weighted by Crippen LogP contribution is 2.67. The number of fused-ring (bicyclic) bond motifs is 5. The molecule has 0 amide bonds. The number of esters is 5. The van der Waals surface area contributed by atoms with Crippen LogP contribution in [0.1, 0.15) is 130 Å². The van der Waals surface area contributed by atoms with Crippen LogP contribution in [0.3, 0.4) is 0 Å². The minimum absolute atomic E-state index is 0.0227. The lowest BCUT2D eigenvalue weighted by molar-refractivity contribution is -0.217. The van der Waals surface area contributed by atoms with Crippen molar-refractivity contribution in [2.75, 3.05) is 6.61 Å².